The smallest absolute Gasteiger partial charge is 0.307 e. The average molecular weight is 313 g/mol. The van der Waals surface area contributed by atoms with Gasteiger partial charge in [0.1, 0.15) is 13.2 Å². The number of carboxylic acids is 1. The summed E-state index contributed by atoms with van der Waals surface area (Å²) in [7, 11) is 0. The zero-order valence-corrected chi connectivity index (χ0v) is 12.1. The van der Waals surface area contributed by atoms with Gasteiger partial charge in [0.2, 0.25) is 0 Å². The molecule has 7 heteroatoms. The first-order valence-corrected chi connectivity index (χ1v) is 7.14. The molecule has 22 heavy (non-hydrogen) atoms. The minimum absolute atomic E-state index is 0.153. The zero-order valence-electron chi connectivity index (χ0n) is 12.1. The summed E-state index contributed by atoms with van der Waals surface area (Å²) in [5.41, 5.74) is 0.223. The molecule has 0 saturated carbocycles. The van der Waals surface area contributed by atoms with Crippen molar-refractivity contribution in [2.45, 2.75) is 25.3 Å². The molecule has 2 heterocycles. The van der Waals surface area contributed by atoms with Gasteiger partial charge < -0.3 is 19.9 Å². The van der Waals surface area contributed by atoms with Crippen molar-refractivity contribution >= 4 is 5.97 Å². The maximum Gasteiger partial charge on any atom is 0.307 e. The third-order valence-corrected chi connectivity index (χ3v) is 4.04. The molecule has 1 aromatic carbocycles. The van der Waals surface area contributed by atoms with Crippen LogP contribution in [0.2, 0.25) is 0 Å². The Kier molecular flexibility index (Phi) is 3.68. The minimum atomic E-state index is -3.05. The quantitative estimate of drug-likeness (QED) is 0.896. The lowest BCUT2D eigenvalue weighted by molar-refractivity contribution is -0.141. The van der Waals surface area contributed by atoms with Gasteiger partial charge in [-0.25, -0.2) is 8.78 Å². The van der Waals surface area contributed by atoms with E-state index >= 15 is 0 Å². The summed E-state index contributed by atoms with van der Waals surface area (Å²) in [6.45, 7) is 1.78. The molecule has 3 rings (SSSR count). The molecular formula is C15H17F2NO4. The number of rotatable bonds is 3. The van der Waals surface area contributed by atoms with Gasteiger partial charge in [0.15, 0.2) is 11.5 Å². The number of fused-ring (bicyclic) bond motifs is 1. The van der Waals surface area contributed by atoms with Gasteiger partial charge in [0, 0.05) is 25.1 Å². The highest BCUT2D eigenvalue weighted by Gasteiger charge is 2.37. The number of aliphatic carboxylic acids is 1. The highest BCUT2D eigenvalue weighted by Crippen LogP contribution is 2.43. The highest BCUT2D eigenvalue weighted by atomic mass is 19.3. The van der Waals surface area contributed by atoms with E-state index < -0.39 is 23.9 Å². The summed E-state index contributed by atoms with van der Waals surface area (Å²) in [5.74, 6) is -3.81. The lowest BCUT2D eigenvalue weighted by Crippen LogP contribution is -2.22. The van der Waals surface area contributed by atoms with Crippen LogP contribution in [0.25, 0.3) is 0 Å². The van der Waals surface area contributed by atoms with Gasteiger partial charge >= 0.3 is 5.97 Å². The summed E-state index contributed by atoms with van der Waals surface area (Å²) >= 11 is 0. The molecule has 0 radical (unpaired) electrons. The Morgan fingerprint density at radius 1 is 1.32 bits per heavy atom. The van der Waals surface area contributed by atoms with E-state index in [-0.39, 0.29) is 18.5 Å². The second kappa shape index (κ2) is 5.39. The van der Waals surface area contributed by atoms with E-state index in [0.717, 1.165) is 6.92 Å². The molecule has 0 aliphatic carbocycles. The number of carbonyl (C=O) groups is 1. The molecule has 0 spiro atoms. The number of ether oxygens (including phenoxy) is 2. The summed E-state index contributed by atoms with van der Waals surface area (Å²) in [4.78, 5) is 11.1. The van der Waals surface area contributed by atoms with E-state index in [1.54, 1.807) is 6.07 Å². The predicted octanol–water partition coefficient (Wildman–Crippen LogP) is 2.30. The summed E-state index contributed by atoms with van der Waals surface area (Å²) < 4.78 is 38.7. The van der Waals surface area contributed by atoms with Gasteiger partial charge in [-0.05, 0) is 24.1 Å². The van der Waals surface area contributed by atoms with Crippen LogP contribution in [0.5, 0.6) is 11.5 Å². The van der Waals surface area contributed by atoms with Crippen molar-refractivity contribution in [2.75, 3.05) is 19.8 Å². The Morgan fingerprint density at radius 2 is 1.95 bits per heavy atom. The normalized spacial score (nSPS) is 24.3. The molecule has 0 amide bonds. The van der Waals surface area contributed by atoms with E-state index in [0.29, 0.717) is 30.3 Å². The van der Waals surface area contributed by atoms with Crippen molar-refractivity contribution in [1.29, 1.82) is 0 Å². The third-order valence-electron chi connectivity index (χ3n) is 4.04. The molecule has 1 saturated heterocycles. The van der Waals surface area contributed by atoms with Gasteiger partial charge in [-0.15, -0.1) is 0 Å². The fraction of sp³-hybridized carbons (Fsp3) is 0.533. The minimum Gasteiger partial charge on any atom is -0.486 e. The van der Waals surface area contributed by atoms with Crippen molar-refractivity contribution in [3.05, 3.63) is 23.3 Å². The lowest BCUT2D eigenvalue weighted by Gasteiger charge is -2.25. The maximum atomic E-state index is 14.0. The van der Waals surface area contributed by atoms with Gasteiger partial charge in [-0.2, -0.15) is 0 Å². The first kappa shape index (κ1) is 15.0. The number of alkyl halides is 2. The van der Waals surface area contributed by atoms with Crippen LogP contribution in [-0.4, -0.2) is 30.8 Å². The third kappa shape index (κ3) is 2.72. The Hall–Kier alpha value is -1.89. The molecule has 1 fully saturated rings. The van der Waals surface area contributed by atoms with Crippen molar-refractivity contribution in [2.24, 2.45) is 5.92 Å². The average Bonchev–Trinajstić information content (AvgIpc) is 2.95. The van der Waals surface area contributed by atoms with Crippen LogP contribution >= 0.6 is 0 Å². The van der Waals surface area contributed by atoms with Crippen LogP contribution < -0.4 is 14.8 Å². The Balaban J connectivity index is 2.00. The van der Waals surface area contributed by atoms with Crippen LogP contribution in [0.1, 0.15) is 30.5 Å². The van der Waals surface area contributed by atoms with Crippen molar-refractivity contribution in [1.82, 2.24) is 5.32 Å². The van der Waals surface area contributed by atoms with Gasteiger partial charge in [0.05, 0.1) is 5.92 Å². The molecule has 2 atom stereocenters. The summed E-state index contributed by atoms with van der Waals surface area (Å²) in [6, 6.07) is 2.42. The zero-order chi connectivity index (χ0) is 15.9. The van der Waals surface area contributed by atoms with Crippen LogP contribution in [0.3, 0.4) is 0 Å². The second-order valence-corrected chi connectivity index (χ2v) is 5.70. The molecule has 2 unspecified atom stereocenters. The molecular weight excluding hydrogens is 296 g/mol. The SMILES string of the molecule is CC(F)(F)c1cc2c(cc1C1CC(C(=O)O)CN1)OCCO2. The van der Waals surface area contributed by atoms with E-state index in [1.807, 2.05) is 0 Å². The van der Waals surface area contributed by atoms with Crippen molar-refractivity contribution < 1.29 is 28.2 Å². The van der Waals surface area contributed by atoms with E-state index in [1.165, 1.54) is 6.07 Å². The van der Waals surface area contributed by atoms with Gasteiger partial charge in [-0.1, -0.05) is 0 Å². The topological polar surface area (TPSA) is 67.8 Å². The number of hydrogen-bond donors (Lipinski definition) is 2. The number of benzene rings is 1. The standard InChI is InChI=1S/C15H17F2NO4/c1-15(16,17)10-6-13-12(21-2-3-22-13)5-9(10)11-4-8(7-18-11)14(19)20/h5-6,8,11,18H,2-4,7H2,1H3,(H,19,20). The molecule has 2 aliphatic heterocycles. The predicted molar refractivity (Wildman–Crippen MR) is 73.5 cm³/mol. The van der Waals surface area contributed by atoms with Gasteiger partial charge in [0.25, 0.3) is 5.92 Å². The highest BCUT2D eigenvalue weighted by molar-refractivity contribution is 5.71. The summed E-state index contributed by atoms with van der Waals surface area (Å²) in [6.07, 6.45) is 0.276. The fourth-order valence-electron chi connectivity index (χ4n) is 2.93. The number of carboxylic acid groups (broad SMARTS) is 1. The molecule has 1 aromatic rings. The molecule has 0 bridgehead atoms. The second-order valence-electron chi connectivity index (χ2n) is 5.70. The van der Waals surface area contributed by atoms with Crippen LogP contribution in [0, 0.1) is 5.92 Å². The van der Waals surface area contributed by atoms with Gasteiger partial charge in [-0.3, -0.25) is 4.79 Å². The van der Waals surface area contributed by atoms with Crippen LogP contribution in [-0.2, 0) is 10.7 Å². The van der Waals surface area contributed by atoms with Crippen molar-refractivity contribution in [3.63, 3.8) is 0 Å². The Labute approximate surface area is 126 Å². The molecule has 2 aliphatic rings. The van der Waals surface area contributed by atoms with E-state index in [2.05, 4.69) is 5.32 Å². The first-order valence-electron chi connectivity index (χ1n) is 7.14. The van der Waals surface area contributed by atoms with Crippen LogP contribution in [0.15, 0.2) is 12.1 Å². The van der Waals surface area contributed by atoms with Crippen LogP contribution in [0.4, 0.5) is 8.78 Å². The summed E-state index contributed by atoms with van der Waals surface area (Å²) in [5, 5.41) is 12.1. The number of hydrogen-bond acceptors (Lipinski definition) is 4. The largest absolute Gasteiger partial charge is 0.486 e. The lowest BCUT2D eigenvalue weighted by atomic mass is 9.92. The fourth-order valence-corrected chi connectivity index (χ4v) is 2.93. The van der Waals surface area contributed by atoms with E-state index in [4.69, 9.17) is 14.6 Å². The monoisotopic (exact) mass is 313 g/mol. The molecule has 5 nitrogen and oxygen atoms in total. The number of halogens is 2. The van der Waals surface area contributed by atoms with E-state index in [9.17, 15) is 13.6 Å². The molecule has 2 N–H and O–H groups in total. The molecule has 120 valence electrons. The maximum absolute atomic E-state index is 14.0. The number of nitrogens with one attached hydrogen (secondary N) is 1. The first-order chi connectivity index (χ1) is 10.4. The Bertz CT molecular complexity index is 600. The molecule has 0 aromatic heterocycles. The Morgan fingerprint density at radius 3 is 2.50 bits per heavy atom. The van der Waals surface area contributed by atoms with Crippen molar-refractivity contribution in [3.8, 4) is 11.5 Å².